The number of rotatable bonds is 7. The molecule has 1 aromatic carbocycles. The number of hydrogen-bond donors (Lipinski definition) is 2. The number of carbonyl (C=O) groups is 1. The molecule has 1 unspecified atom stereocenters. The molecule has 0 amide bonds. The summed E-state index contributed by atoms with van der Waals surface area (Å²) >= 11 is 0. The number of nitrogens with zero attached hydrogens (tertiary/aromatic N) is 4. The third kappa shape index (κ3) is 4.19. The molecule has 0 aliphatic carbocycles. The lowest BCUT2D eigenvalue weighted by molar-refractivity contribution is -0.384. The van der Waals surface area contributed by atoms with Crippen molar-refractivity contribution < 1.29 is 9.72 Å². The molecule has 25 heavy (non-hydrogen) atoms. The molecule has 1 atom stereocenters. The number of aryl methyl sites for hydroxylation is 1. The van der Waals surface area contributed by atoms with E-state index in [0.29, 0.717) is 29.2 Å². The molecule has 0 bridgehead atoms. The maximum Gasteiger partial charge on any atom is 0.270 e. The first-order chi connectivity index (χ1) is 11.8. The van der Waals surface area contributed by atoms with Gasteiger partial charge in [-0.3, -0.25) is 20.0 Å². The van der Waals surface area contributed by atoms with Gasteiger partial charge in [0.25, 0.3) is 5.69 Å². The summed E-state index contributed by atoms with van der Waals surface area (Å²) < 4.78 is 0. The van der Waals surface area contributed by atoms with Gasteiger partial charge in [-0.05, 0) is 19.9 Å². The van der Waals surface area contributed by atoms with Crippen LogP contribution in [0.2, 0.25) is 0 Å². The summed E-state index contributed by atoms with van der Waals surface area (Å²) in [6, 6.07) is 4.22. The Morgan fingerprint density at radius 2 is 2.16 bits per heavy atom. The lowest BCUT2D eigenvalue weighted by Crippen LogP contribution is -2.21. The van der Waals surface area contributed by atoms with Crippen LogP contribution in [0.25, 0.3) is 5.70 Å². The molecule has 0 aliphatic heterocycles. The standard InChI is InChI=1S/C16H20N6O3/c1-10(16-18-11(2)19-20-16)17-14(7-8-23)13-9-12(22(24)25)5-6-15(13)21(3)4/h5-10,17H,1-4H3,(H,18,19,20)/b14-7+. The predicted molar refractivity (Wildman–Crippen MR) is 94.1 cm³/mol. The maximum atomic E-state index is 11.1. The van der Waals surface area contributed by atoms with Gasteiger partial charge in [0.2, 0.25) is 0 Å². The number of H-pyrrole nitrogens is 1. The average molecular weight is 344 g/mol. The largest absolute Gasteiger partial charge is 0.377 e. The van der Waals surface area contributed by atoms with Crippen molar-refractivity contribution in [2.24, 2.45) is 0 Å². The first-order valence-corrected chi connectivity index (χ1v) is 7.60. The second-order valence-electron chi connectivity index (χ2n) is 5.71. The number of carbonyl (C=O) groups excluding carboxylic acids is 1. The molecule has 0 saturated heterocycles. The van der Waals surface area contributed by atoms with Crippen molar-refractivity contribution in [2.45, 2.75) is 19.9 Å². The summed E-state index contributed by atoms with van der Waals surface area (Å²) in [4.78, 5) is 27.8. The van der Waals surface area contributed by atoms with E-state index in [2.05, 4.69) is 20.5 Å². The van der Waals surface area contributed by atoms with Crippen molar-refractivity contribution >= 4 is 23.4 Å². The summed E-state index contributed by atoms with van der Waals surface area (Å²) in [6.07, 6.45) is 1.97. The second kappa shape index (κ2) is 7.56. The van der Waals surface area contributed by atoms with Gasteiger partial charge >= 0.3 is 0 Å². The van der Waals surface area contributed by atoms with Crippen molar-refractivity contribution in [1.82, 2.24) is 20.5 Å². The normalized spacial score (nSPS) is 12.6. The summed E-state index contributed by atoms with van der Waals surface area (Å²) in [7, 11) is 3.65. The van der Waals surface area contributed by atoms with E-state index in [1.807, 2.05) is 25.9 Å². The molecule has 2 aromatic rings. The number of allylic oxidation sites excluding steroid dienone is 1. The van der Waals surface area contributed by atoms with E-state index in [4.69, 9.17) is 0 Å². The van der Waals surface area contributed by atoms with E-state index >= 15 is 0 Å². The molecule has 2 N–H and O–H groups in total. The topological polar surface area (TPSA) is 117 Å². The molecule has 1 heterocycles. The number of anilines is 1. The Labute approximate surface area is 144 Å². The van der Waals surface area contributed by atoms with Crippen molar-refractivity contribution in [3.8, 4) is 0 Å². The fourth-order valence-corrected chi connectivity index (χ4v) is 2.38. The number of nitro groups is 1. The van der Waals surface area contributed by atoms with Gasteiger partial charge in [0.05, 0.1) is 11.0 Å². The van der Waals surface area contributed by atoms with Crippen molar-refractivity contribution in [3.63, 3.8) is 0 Å². The number of nitro benzene ring substituents is 1. The Kier molecular flexibility index (Phi) is 5.48. The smallest absolute Gasteiger partial charge is 0.270 e. The number of aromatic amines is 1. The van der Waals surface area contributed by atoms with Crippen LogP contribution in [0.4, 0.5) is 11.4 Å². The molecule has 0 spiro atoms. The Morgan fingerprint density at radius 1 is 1.44 bits per heavy atom. The zero-order valence-corrected chi connectivity index (χ0v) is 14.5. The van der Waals surface area contributed by atoms with Crippen molar-refractivity contribution in [1.29, 1.82) is 0 Å². The third-order valence-electron chi connectivity index (χ3n) is 3.57. The van der Waals surface area contributed by atoms with E-state index in [1.54, 1.807) is 13.0 Å². The van der Waals surface area contributed by atoms with Crippen molar-refractivity contribution in [2.75, 3.05) is 19.0 Å². The van der Waals surface area contributed by atoms with Crippen LogP contribution in [0.15, 0.2) is 24.3 Å². The molecule has 2 rings (SSSR count). The number of hydrogen-bond acceptors (Lipinski definition) is 7. The maximum absolute atomic E-state index is 11.1. The average Bonchev–Trinajstić information content (AvgIpc) is 3.00. The second-order valence-corrected chi connectivity index (χ2v) is 5.71. The van der Waals surface area contributed by atoms with Gasteiger partial charge in [-0.1, -0.05) is 0 Å². The van der Waals surface area contributed by atoms with Gasteiger partial charge in [-0.25, -0.2) is 4.98 Å². The SMILES string of the molecule is Cc1nc(C(C)N/C(=C/C=O)c2cc([N+](=O)[O-])ccc2N(C)C)n[nH]1. The number of aldehydes is 1. The van der Waals surface area contributed by atoms with Gasteiger partial charge in [-0.15, -0.1) is 0 Å². The molecule has 1 aromatic heterocycles. The van der Waals surface area contributed by atoms with Gasteiger partial charge in [0.15, 0.2) is 5.82 Å². The van der Waals surface area contributed by atoms with Crippen LogP contribution in [-0.2, 0) is 4.79 Å². The first-order valence-electron chi connectivity index (χ1n) is 7.60. The zero-order chi connectivity index (χ0) is 18.6. The Bertz CT molecular complexity index is 812. The van der Waals surface area contributed by atoms with Crippen LogP contribution in [-0.4, -0.2) is 40.5 Å². The number of aromatic nitrogens is 3. The predicted octanol–water partition coefficient (Wildman–Crippen LogP) is 1.98. The molecule has 0 radical (unpaired) electrons. The number of nitrogens with one attached hydrogen (secondary N) is 2. The Hall–Kier alpha value is -3.23. The highest BCUT2D eigenvalue weighted by molar-refractivity contribution is 5.86. The number of non-ortho nitro benzene ring substituents is 1. The Balaban J connectivity index is 2.45. The van der Waals surface area contributed by atoms with E-state index < -0.39 is 4.92 Å². The van der Waals surface area contributed by atoms with Gasteiger partial charge in [0.1, 0.15) is 12.1 Å². The minimum atomic E-state index is -0.469. The number of benzene rings is 1. The Morgan fingerprint density at radius 3 is 2.68 bits per heavy atom. The van der Waals surface area contributed by atoms with Crippen LogP contribution < -0.4 is 10.2 Å². The van der Waals surface area contributed by atoms with Gasteiger partial charge in [0, 0.05) is 49.3 Å². The van der Waals surface area contributed by atoms with Gasteiger partial charge < -0.3 is 10.2 Å². The van der Waals surface area contributed by atoms with E-state index in [1.165, 1.54) is 18.2 Å². The minimum absolute atomic E-state index is 0.0550. The molecular weight excluding hydrogens is 324 g/mol. The van der Waals surface area contributed by atoms with Crippen LogP contribution in [0.5, 0.6) is 0 Å². The monoisotopic (exact) mass is 344 g/mol. The van der Waals surface area contributed by atoms with Crippen LogP contribution in [0.1, 0.15) is 30.2 Å². The fourth-order valence-electron chi connectivity index (χ4n) is 2.38. The summed E-state index contributed by atoms with van der Waals surface area (Å²) in [6.45, 7) is 3.63. The van der Waals surface area contributed by atoms with Crippen molar-refractivity contribution in [3.05, 3.63) is 51.6 Å². The quantitative estimate of drug-likeness (QED) is 0.341. The van der Waals surface area contributed by atoms with Crippen LogP contribution in [0, 0.1) is 17.0 Å². The molecule has 132 valence electrons. The lowest BCUT2D eigenvalue weighted by Gasteiger charge is -2.21. The summed E-state index contributed by atoms with van der Waals surface area (Å²) in [5.74, 6) is 1.21. The van der Waals surface area contributed by atoms with E-state index in [-0.39, 0.29) is 11.7 Å². The highest BCUT2D eigenvalue weighted by atomic mass is 16.6. The highest BCUT2D eigenvalue weighted by Crippen LogP contribution is 2.30. The van der Waals surface area contributed by atoms with E-state index in [9.17, 15) is 14.9 Å². The molecule has 0 saturated carbocycles. The minimum Gasteiger partial charge on any atom is -0.377 e. The third-order valence-corrected chi connectivity index (χ3v) is 3.57. The van der Waals surface area contributed by atoms with Crippen LogP contribution in [0.3, 0.4) is 0 Å². The molecule has 9 heteroatoms. The zero-order valence-electron chi connectivity index (χ0n) is 14.5. The molecule has 0 fully saturated rings. The summed E-state index contributed by atoms with van der Waals surface area (Å²) in [5, 5.41) is 21.1. The fraction of sp³-hybridized carbons (Fsp3) is 0.312. The van der Waals surface area contributed by atoms with Crippen LogP contribution >= 0.6 is 0 Å². The lowest BCUT2D eigenvalue weighted by atomic mass is 10.1. The molecule has 0 aliphatic rings. The first kappa shape index (κ1) is 18.1. The van der Waals surface area contributed by atoms with E-state index in [0.717, 1.165) is 5.69 Å². The summed E-state index contributed by atoms with van der Waals surface area (Å²) in [5.41, 5.74) is 1.69. The molecular formula is C16H20N6O3. The molecule has 9 nitrogen and oxygen atoms in total. The van der Waals surface area contributed by atoms with Gasteiger partial charge in [-0.2, -0.15) is 5.10 Å². The highest BCUT2D eigenvalue weighted by Gasteiger charge is 2.18.